The summed E-state index contributed by atoms with van der Waals surface area (Å²) in [6.07, 6.45) is 2.75. The molecule has 0 radical (unpaired) electrons. The summed E-state index contributed by atoms with van der Waals surface area (Å²) in [6, 6.07) is 5.13. The molecule has 3 atom stereocenters. The summed E-state index contributed by atoms with van der Waals surface area (Å²) in [4.78, 5) is 0. The Bertz CT molecular complexity index is 415. The van der Waals surface area contributed by atoms with Crippen molar-refractivity contribution in [3.8, 4) is 0 Å². The molecule has 1 nitrogen and oxygen atoms in total. The van der Waals surface area contributed by atoms with Crippen LogP contribution in [0.5, 0.6) is 0 Å². The van der Waals surface area contributed by atoms with Gasteiger partial charge in [0.2, 0.25) is 0 Å². The Hall–Kier alpha value is -0.890. The van der Waals surface area contributed by atoms with Gasteiger partial charge in [-0.05, 0) is 55.2 Å². The second-order valence-electron chi connectivity index (χ2n) is 5.67. The second-order valence-corrected chi connectivity index (χ2v) is 5.67. The van der Waals surface area contributed by atoms with Crippen LogP contribution in [0, 0.1) is 24.6 Å². The second kappa shape index (κ2) is 4.41. The van der Waals surface area contributed by atoms with Gasteiger partial charge in [-0.25, -0.2) is 4.39 Å². The van der Waals surface area contributed by atoms with Crippen LogP contribution in [0.3, 0.4) is 0 Å². The van der Waals surface area contributed by atoms with Gasteiger partial charge in [-0.2, -0.15) is 0 Å². The highest BCUT2D eigenvalue weighted by Gasteiger charge is 2.39. The fourth-order valence-corrected chi connectivity index (χ4v) is 2.92. The van der Waals surface area contributed by atoms with Crippen LogP contribution in [-0.4, -0.2) is 5.11 Å². The third kappa shape index (κ3) is 2.23. The van der Waals surface area contributed by atoms with Crippen LogP contribution in [0.4, 0.5) is 4.39 Å². The summed E-state index contributed by atoms with van der Waals surface area (Å²) in [5.41, 5.74) is 0.523. The standard InChI is InChI=1S/C15H21FO/c1-10-6-7-15(17,12(3)8-10)13-5-4-11(2)14(16)9-13/h4-5,9-10,12,17H,6-8H2,1-3H3. The molecule has 2 rings (SSSR count). The lowest BCUT2D eigenvalue weighted by atomic mass is 9.69. The minimum absolute atomic E-state index is 0.188. The molecule has 0 bridgehead atoms. The summed E-state index contributed by atoms with van der Waals surface area (Å²) in [6.45, 7) is 6.02. The van der Waals surface area contributed by atoms with Crippen LogP contribution in [-0.2, 0) is 5.60 Å². The molecular weight excluding hydrogens is 215 g/mol. The summed E-state index contributed by atoms with van der Waals surface area (Å²) >= 11 is 0. The van der Waals surface area contributed by atoms with Crippen molar-refractivity contribution in [3.63, 3.8) is 0 Å². The zero-order chi connectivity index (χ0) is 12.6. The van der Waals surface area contributed by atoms with Gasteiger partial charge in [0.1, 0.15) is 5.82 Å². The molecule has 1 aromatic rings. The maximum atomic E-state index is 13.6. The molecule has 1 saturated carbocycles. The highest BCUT2D eigenvalue weighted by Crippen LogP contribution is 2.43. The summed E-state index contributed by atoms with van der Waals surface area (Å²) in [5, 5.41) is 10.8. The fourth-order valence-electron chi connectivity index (χ4n) is 2.92. The average Bonchev–Trinajstić information content (AvgIpc) is 2.28. The minimum atomic E-state index is -0.846. The topological polar surface area (TPSA) is 20.2 Å². The Kier molecular flexibility index (Phi) is 3.26. The van der Waals surface area contributed by atoms with Crippen LogP contribution in [0.2, 0.25) is 0 Å². The molecule has 0 amide bonds. The van der Waals surface area contributed by atoms with Gasteiger partial charge in [-0.3, -0.25) is 0 Å². The van der Waals surface area contributed by atoms with E-state index in [1.807, 2.05) is 6.07 Å². The van der Waals surface area contributed by atoms with Crippen molar-refractivity contribution < 1.29 is 9.50 Å². The number of aliphatic hydroxyl groups is 1. The van der Waals surface area contributed by atoms with E-state index in [-0.39, 0.29) is 11.7 Å². The predicted molar refractivity (Wildman–Crippen MR) is 67.2 cm³/mol. The quantitative estimate of drug-likeness (QED) is 0.786. The lowest BCUT2D eigenvalue weighted by Gasteiger charge is -2.41. The van der Waals surface area contributed by atoms with Crippen LogP contribution >= 0.6 is 0 Å². The molecule has 94 valence electrons. The number of rotatable bonds is 1. The summed E-state index contributed by atoms with van der Waals surface area (Å²) in [7, 11) is 0. The molecule has 3 unspecified atom stereocenters. The average molecular weight is 236 g/mol. The summed E-state index contributed by atoms with van der Waals surface area (Å²) < 4.78 is 13.6. The zero-order valence-corrected chi connectivity index (χ0v) is 10.8. The van der Waals surface area contributed by atoms with Crippen molar-refractivity contribution in [2.75, 3.05) is 0 Å². The fraction of sp³-hybridized carbons (Fsp3) is 0.600. The van der Waals surface area contributed by atoms with Crippen molar-refractivity contribution in [3.05, 3.63) is 35.1 Å². The van der Waals surface area contributed by atoms with Crippen molar-refractivity contribution in [1.29, 1.82) is 0 Å². The largest absolute Gasteiger partial charge is 0.385 e. The highest BCUT2D eigenvalue weighted by atomic mass is 19.1. The molecule has 2 heteroatoms. The van der Waals surface area contributed by atoms with Crippen LogP contribution in [0.1, 0.15) is 44.2 Å². The van der Waals surface area contributed by atoms with Crippen LogP contribution < -0.4 is 0 Å². The van der Waals surface area contributed by atoms with Gasteiger partial charge in [0.15, 0.2) is 0 Å². The van der Waals surface area contributed by atoms with E-state index in [0.717, 1.165) is 24.8 Å². The normalized spacial score (nSPS) is 33.7. The van der Waals surface area contributed by atoms with Crippen molar-refractivity contribution >= 4 is 0 Å². The Morgan fingerprint density at radius 3 is 2.65 bits per heavy atom. The van der Waals surface area contributed by atoms with Gasteiger partial charge in [-0.1, -0.05) is 26.0 Å². The first-order chi connectivity index (χ1) is 7.93. The molecule has 1 aliphatic rings. The van der Waals surface area contributed by atoms with E-state index in [1.54, 1.807) is 13.0 Å². The Labute approximate surface area is 103 Å². The zero-order valence-electron chi connectivity index (χ0n) is 10.8. The van der Waals surface area contributed by atoms with Gasteiger partial charge in [0.25, 0.3) is 0 Å². The molecule has 1 aliphatic carbocycles. The van der Waals surface area contributed by atoms with E-state index in [2.05, 4.69) is 13.8 Å². The predicted octanol–water partition coefficient (Wildman–Crippen LogP) is 3.78. The van der Waals surface area contributed by atoms with Gasteiger partial charge < -0.3 is 5.11 Å². The molecule has 0 saturated heterocycles. The molecule has 1 fully saturated rings. The number of benzene rings is 1. The maximum absolute atomic E-state index is 13.6. The summed E-state index contributed by atoms with van der Waals surface area (Å²) in [5.74, 6) is 0.621. The van der Waals surface area contributed by atoms with E-state index in [4.69, 9.17) is 0 Å². The van der Waals surface area contributed by atoms with Crippen LogP contribution in [0.25, 0.3) is 0 Å². The molecule has 1 aromatic carbocycles. The van der Waals surface area contributed by atoms with E-state index in [1.165, 1.54) is 6.07 Å². The molecule has 1 N–H and O–H groups in total. The number of hydrogen-bond donors (Lipinski definition) is 1. The third-order valence-electron chi connectivity index (χ3n) is 4.26. The first-order valence-electron chi connectivity index (χ1n) is 6.42. The van der Waals surface area contributed by atoms with Crippen molar-refractivity contribution in [1.82, 2.24) is 0 Å². The van der Waals surface area contributed by atoms with Crippen molar-refractivity contribution in [2.45, 2.75) is 45.6 Å². The minimum Gasteiger partial charge on any atom is -0.385 e. The molecular formula is C15H21FO. The van der Waals surface area contributed by atoms with Gasteiger partial charge in [-0.15, -0.1) is 0 Å². The Balaban J connectivity index is 2.34. The van der Waals surface area contributed by atoms with E-state index < -0.39 is 5.60 Å². The van der Waals surface area contributed by atoms with Crippen molar-refractivity contribution in [2.24, 2.45) is 11.8 Å². The molecule has 0 aliphatic heterocycles. The lowest BCUT2D eigenvalue weighted by molar-refractivity contribution is -0.0589. The van der Waals surface area contributed by atoms with Gasteiger partial charge >= 0.3 is 0 Å². The van der Waals surface area contributed by atoms with Gasteiger partial charge in [0, 0.05) is 0 Å². The van der Waals surface area contributed by atoms with Crippen LogP contribution in [0.15, 0.2) is 18.2 Å². The first kappa shape index (κ1) is 12.6. The molecule has 17 heavy (non-hydrogen) atoms. The SMILES string of the molecule is Cc1ccc(C2(O)CCC(C)CC2C)cc1F. The third-order valence-corrected chi connectivity index (χ3v) is 4.26. The first-order valence-corrected chi connectivity index (χ1v) is 6.42. The van der Waals surface area contributed by atoms with Gasteiger partial charge in [0.05, 0.1) is 5.60 Å². The number of halogens is 1. The number of hydrogen-bond acceptors (Lipinski definition) is 1. The van der Waals surface area contributed by atoms with E-state index in [9.17, 15) is 9.50 Å². The smallest absolute Gasteiger partial charge is 0.126 e. The molecule has 0 spiro atoms. The maximum Gasteiger partial charge on any atom is 0.126 e. The lowest BCUT2D eigenvalue weighted by Crippen LogP contribution is -2.38. The highest BCUT2D eigenvalue weighted by molar-refractivity contribution is 5.29. The monoisotopic (exact) mass is 236 g/mol. The Morgan fingerprint density at radius 2 is 2.06 bits per heavy atom. The molecule has 0 heterocycles. The Morgan fingerprint density at radius 1 is 1.35 bits per heavy atom. The van der Waals surface area contributed by atoms with E-state index >= 15 is 0 Å². The van der Waals surface area contributed by atoms with E-state index in [0.29, 0.717) is 11.5 Å². The molecule has 0 aromatic heterocycles. The number of aryl methyl sites for hydroxylation is 1.